The van der Waals surface area contributed by atoms with Crippen molar-refractivity contribution in [3.63, 3.8) is 0 Å². The van der Waals surface area contributed by atoms with Gasteiger partial charge in [0.1, 0.15) is 10.8 Å². The van der Waals surface area contributed by atoms with Gasteiger partial charge >= 0.3 is 0 Å². The fourth-order valence-electron chi connectivity index (χ4n) is 3.12. The highest BCUT2D eigenvalue weighted by molar-refractivity contribution is 7.13. The van der Waals surface area contributed by atoms with E-state index in [1.54, 1.807) is 20.5 Å². The Morgan fingerprint density at radius 2 is 2.07 bits per heavy atom. The van der Waals surface area contributed by atoms with Crippen LogP contribution in [0.25, 0.3) is 10.6 Å². The van der Waals surface area contributed by atoms with Gasteiger partial charge in [0.15, 0.2) is 11.5 Å². The molecular weight excluding hydrogens is 376 g/mol. The van der Waals surface area contributed by atoms with Crippen molar-refractivity contribution in [2.75, 3.05) is 14.2 Å². The van der Waals surface area contributed by atoms with Crippen LogP contribution in [0.4, 0.5) is 0 Å². The summed E-state index contributed by atoms with van der Waals surface area (Å²) in [5.41, 5.74) is 1.72. The Balaban J connectivity index is 1.47. The molecule has 3 aromatic rings. The number of hydrogen-bond acceptors (Lipinski definition) is 6. The van der Waals surface area contributed by atoms with Crippen molar-refractivity contribution in [2.24, 2.45) is 0 Å². The molecule has 1 amide bonds. The average Bonchev–Trinajstić information content (AvgIpc) is 3.22. The second-order valence-corrected chi connectivity index (χ2v) is 7.58. The van der Waals surface area contributed by atoms with E-state index in [4.69, 9.17) is 13.9 Å². The van der Waals surface area contributed by atoms with E-state index in [1.807, 2.05) is 40.6 Å². The highest BCUT2D eigenvalue weighted by atomic mass is 32.1. The van der Waals surface area contributed by atoms with Crippen molar-refractivity contribution in [1.29, 1.82) is 0 Å². The van der Waals surface area contributed by atoms with Gasteiger partial charge in [-0.15, -0.1) is 11.3 Å². The zero-order valence-corrected chi connectivity index (χ0v) is 16.7. The Morgan fingerprint density at radius 1 is 1.25 bits per heavy atom. The summed E-state index contributed by atoms with van der Waals surface area (Å²) in [6.45, 7) is 0.517. The fourth-order valence-corrected chi connectivity index (χ4v) is 3.94. The SMILES string of the molecule is COc1ccc(-c2nc(CC(=O)N(Cc3ccco3)C3CC3)cs2)cc1OC. The second-order valence-electron chi connectivity index (χ2n) is 6.72. The van der Waals surface area contributed by atoms with Crippen LogP contribution in [0.15, 0.2) is 46.4 Å². The topological polar surface area (TPSA) is 64.8 Å². The summed E-state index contributed by atoms with van der Waals surface area (Å²) in [6.07, 6.45) is 4.04. The summed E-state index contributed by atoms with van der Waals surface area (Å²) in [5.74, 6) is 2.23. The average molecular weight is 398 g/mol. The Kier molecular flexibility index (Phi) is 5.34. The maximum Gasteiger partial charge on any atom is 0.229 e. The van der Waals surface area contributed by atoms with Gasteiger partial charge < -0.3 is 18.8 Å². The normalized spacial score (nSPS) is 13.4. The zero-order chi connectivity index (χ0) is 19.5. The van der Waals surface area contributed by atoms with Crippen LogP contribution in [0.5, 0.6) is 11.5 Å². The Hall–Kier alpha value is -2.80. The van der Waals surface area contributed by atoms with Gasteiger partial charge in [-0.25, -0.2) is 4.98 Å². The number of carbonyl (C=O) groups is 1. The minimum atomic E-state index is 0.0862. The lowest BCUT2D eigenvalue weighted by atomic mass is 10.2. The van der Waals surface area contributed by atoms with Gasteiger partial charge in [0.05, 0.1) is 39.1 Å². The number of benzene rings is 1. The van der Waals surface area contributed by atoms with E-state index in [-0.39, 0.29) is 5.91 Å². The Bertz CT molecular complexity index is 947. The van der Waals surface area contributed by atoms with Crippen molar-refractivity contribution in [2.45, 2.75) is 31.8 Å². The van der Waals surface area contributed by atoms with E-state index in [2.05, 4.69) is 4.98 Å². The van der Waals surface area contributed by atoms with Gasteiger partial charge in [-0.1, -0.05) is 0 Å². The molecule has 1 fully saturated rings. The molecule has 1 aliphatic rings. The second kappa shape index (κ2) is 8.06. The molecule has 2 aromatic heterocycles. The number of methoxy groups -OCH3 is 2. The standard InChI is InChI=1S/C21H22N2O4S/c1-25-18-8-5-14(10-19(18)26-2)21-22-15(13-28-21)11-20(24)23(16-6-7-16)12-17-4-3-9-27-17/h3-5,8-10,13,16H,6-7,11-12H2,1-2H3. The lowest BCUT2D eigenvalue weighted by Gasteiger charge is -2.20. The molecule has 0 aliphatic heterocycles. The predicted molar refractivity (Wildman–Crippen MR) is 107 cm³/mol. The third-order valence-electron chi connectivity index (χ3n) is 4.73. The Morgan fingerprint density at radius 3 is 2.75 bits per heavy atom. The molecule has 0 spiro atoms. The van der Waals surface area contributed by atoms with Gasteiger partial charge in [-0.05, 0) is 43.2 Å². The van der Waals surface area contributed by atoms with Gasteiger partial charge in [-0.2, -0.15) is 0 Å². The van der Waals surface area contributed by atoms with E-state index in [0.717, 1.165) is 34.9 Å². The molecule has 2 heterocycles. The number of nitrogens with zero attached hydrogens (tertiary/aromatic N) is 2. The number of thiazole rings is 1. The molecule has 6 nitrogen and oxygen atoms in total. The highest BCUT2D eigenvalue weighted by Crippen LogP contribution is 2.34. The molecule has 1 aliphatic carbocycles. The molecule has 1 aromatic carbocycles. The first-order valence-electron chi connectivity index (χ1n) is 9.16. The van der Waals surface area contributed by atoms with Crippen molar-refractivity contribution in [3.8, 4) is 22.1 Å². The maximum absolute atomic E-state index is 12.9. The van der Waals surface area contributed by atoms with E-state index < -0.39 is 0 Å². The summed E-state index contributed by atoms with van der Waals surface area (Å²) in [6, 6.07) is 9.78. The first-order valence-corrected chi connectivity index (χ1v) is 10.0. The van der Waals surface area contributed by atoms with Gasteiger partial charge in [0.25, 0.3) is 0 Å². The highest BCUT2D eigenvalue weighted by Gasteiger charge is 2.33. The van der Waals surface area contributed by atoms with Crippen LogP contribution in [0.3, 0.4) is 0 Å². The van der Waals surface area contributed by atoms with Crippen LogP contribution >= 0.6 is 11.3 Å². The minimum Gasteiger partial charge on any atom is -0.493 e. The lowest BCUT2D eigenvalue weighted by Crippen LogP contribution is -2.33. The van der Waals surface area contributed by atoms with Crippen LogP contribution in [-0.2, 0) is 17.8 Å². The van der Waals surface area contributed by atoms with Crippen LogP contribution in [0.1, 0.15) is 24.3 Å². The number of furan rings is 1. The number of rotatable bonds is 8. The zero-order valence-electron chi connectivity index (χ0n) is 15.9. The van der Waals surface area contributed by atoms with E-state index in [1.165, 1.54) is 11.3 Å². The number of hydrogen-bond donors (Lipinski definition) is 0. The molecule has 0 atom stereocenters. The third-order valence-corrected chi connectivity index (χ3v) is 5.67. The van der Waals surface area contributed by atoms with Crippen molar-refractivity contribution in [1.82, 2.24) is 9.88 Å². The van der Waals surface area contributed by atoms with Gasteiger partial charge in [-0.3, -0.25) is 4.79 Å². The predicted octanol–water partition coefficient (Wildman–Crippen LogP) is 4.15. The number of amides is 1. The van der Waals surface area contributed by atoms with E-state index >= 15 is 0 Å². The molecule has 28 heavy (non-hydrogen) atoms. The monoisotopic (exact) mass is 398 g/mol. The molecule has 7 heteroatoms. The molecule has 0 unspecified atom stereocenters. The number of carbonyl (C=O) groups excluding carboxylic acids is 1. The summed E-state index contributed by atoms with van der Waals surface area (Å²) >= 11 is 1.52. The van der Waals surface area contributed by atoms with E-state index in [0.29, 0.717) is 30.5 Å². The molecule has 1 saturated carbocycles. The smallest absolute Gasteiger partial charge is 0.229 e. The summed E-state index contributed by atoms with van der Waals surface area (Å²) < 4.78 is 16.1. The van der Waals surface area contributed by atoms with Crippen molar-refractivity contribution in [3.05, 3.63) is 53.4 Å². The quantitative estimate of drug-likeness (QED) is 0.570. The molecule has 0 N–H and O–H groups in total. The minimum absolute atomic E-state index is 0.0862. The van der Waals surface area contributed by atoms with Crippen LogP contribution in [0.2, 0.25) is 0 Å². The largest absolute Gasteiger partial charge is 0.493 e. The van der Waals surface area contributed by atoms with Gasteiger partial charge in [0.2, 0.25) is 5.91 Å². The van der Waals surface area contributed by atoms with Gasteiger partial charge in [0, 0.05) is 17.0 Å². The molecular formula is C21H22N2O4S. The van der Waals surface area contributed by atoms with Crippen LogP contribution in [0, 0.1) is 0 Å². The summed E-state index contributed by atoms with van der Waals surface area (Å²) in [4.78, 5) is 19.4. The molecule has 0 saturated heterocycles. The van der Waals surface area contributed by atoms with Crippen molar-refractivity contribution < 1.29 is 18.7 Å². The third kappa shape index (κ3) is 4.04. The number of ether oxygens (including phenoxy) is 2. The van der Waals surface area contributed by atoms with Crippen LogP contribution < -0.4 is 9.47 Å². The molecule has 0 bridgehead atoms. The molecule has 0 radical (unpaired) electrons. The van der Waals surface area contributed by atoms with Crippen LogP contribution in [-0.4, -0.2) is 36.1 Å². The number of aromatic nitrogens is 1. The first-order chi connectivity index (χ1) is 13.7. The summed E-state index contributed by atoms with van der Waals surface area (Å²) in [7, 11) is 3.22. The molecule has 4 rings (SSSR count). The Labute approximate surface area is 167 Å². The van der Waals surface area contributed by atoms with E-state index in [9.17, 15) is 4.79 Å². The first kappa shape index (κ1) is 18.6. The fraction of sp³-hybridized carbons (Fsp3) is 0.333. The lowest BCUT2D eigenvalue weighted by molar-refractivity contribution is -0.132. The molecule has 146 valence electrons. The summed E-state index contributed by atoms with van der Waals surface area (Å²) in [5, 5.41) is 2.80. The van der Waals surface area contributed by atoms with Crippen molar-refractivity contribution >= 4 is 17.2 Å². The maximum atomic E-state index is 12.9.